The zero-order chi connectivity index (χ0) is 22.0. The molecule has 0 unspecified atom stereocenters. The number of fused-ring (bicyclic) bond motifs is 1. The molecule has 0 spiro atoms. The predicted octanol–water partition coefficient (Wildman–Crippen LogP) is 2.15. The van der Waals surface area contributed by atoms with E-state index in [1.807, 2.05) is 26.0 Å². The number of hydrogen-bond donors (Lipinski definition) is 2. The molecular formula is C22H21N5O4. The Morgan fingerprint density at radius 2 is 2.06 bits per heavy atom. The number of amides is 1. The number of anilines is 1. The quantitative estimate of drug-likeness (QED) is 0.593. The minimum atomic E-state index is -0.320. The molecule has 0 radical (unpaired) electrons. The summed E-state index contributed by atoms with van der Waals surface area (Å²) in [7, 11) is 0. The van der Waals surface area contributed by atoms with Gasteiger partial charge in [-0.15, -0.1) is 6.42 Å². The van der Waals surface area contributed by atoms with Crippen LogP contribution in [0.1, 0.15) is 36.1 Å². The molecule has 1 aliphatic heterocycles. The Kier molecular flexibility index (Phi) is 5.45. The van der Waals surface area contributed by atoms with Crippen LogP contribution < -0.4 is 20.3 Å². The maximum Gasteiger partial charge on any atom is 0.264 e. The fourth-order valence-corrected chi connectivity index (χ4v) is 3.70. The van der Waals surface area contributed by atoms with Crippen molar-refractivity contribution >= 4 is 11.7 Å². The van der Waals surface area contributed by atoms with Crippen molar-refractivity contribution in [1.82, 2.24) is 20.0 Å². The molecule has 0 aliphatic carbocycles. The summed E-state index contributed by atoms with van der Waals surface area (Å²) in [6.07, 6.45) is 5.56. The summed E-state index contributed by atoms with van der Waals surface area (Å²) in [5, 5.41) is 13.9. The fraction of sp³-hybridized carbons (Fsp3) is 0.273. The third kappa shape index (κ3) is 3.88. The van der Waals surface area contributed by atoms with Gasteiger partial charge in [0.1, 0.15) is 12.4 Å². The van der Waals surface area contributed by atoms with E-state index in [2.05, 4.69) is 26.5 Å². The lowest BCUT2D eigenvalue weighted by atomic mass is 9.85. The van der Waals surface area contributed by atoms with E-state index in [-0.39, 0.29) is 30.4 Å². The van der Waals surface area contributed by atoms with Crippen molar-refractivity contribution in [3.63, 3.8) is 0 Å². The largest absolute Gasteiger partial charge is 0.490 e. The van der Waals surface area contributed by atoms with Crippen LogP contribution in [0.3, 0.4) is 0 Å². The first kappa shape index (κ1) is 20.2. The summed E-state index contributed by atoms with van der Waals surface area (Å²) in [4.78, 5) is 23.9. The molecule has 158 valence electrons. The number of aromatic amines is 1. The zero-order valence-electron chi connectivity index (χ0n) is 17.1. The highest BCUT2D eigenvalue weighted by atomic mass is 16.5. The third-order valence-electron chi connectivity index (χ3n) is 4.96. The van der Waals surface area contributed by atoms with Crippen molar-refractivity contribution < 1.29 is 14.3 Å². The molecule has 9 nitrogen and oxygen atoms in total. The molecular weight excluding hydrogens is 398 g/mol. The van der Waals surface area contributed by atoms with Gasteiger partial charge in [0.05, 0.1) is 12.3 Å². The van der Waals surface area contributed by atoms with Crippen molar-refractivity contribution in [3.05, 3.63) is 57.5 Å². The van der Waals surface area contributed by atoms with E-state index in [0.29, 0.717) is 29.7 Å². The smallest absolute Gasteiger partial charge is 0.264 e. The second-order valence-corrected chi connectivity index (χ2v) is 6.98. The summed E-state index contributed by atoms with van der Waals surface area (Å²) >= 11 is 0. The van der Waals surface area contributed by atoms with E-state index in [4.69, 9.17) is 15.9 Å². The van der Waals surface area contributed by atoms with Crippen molar-refractivity contribution in [2.45, 2.75) is 26.2 Å². The highest BCUT2D eigenvalue weighted by molar-refractivity contribution is 5.95. The average molecular weight is 419 g/mol. The molecule has 0 fully saturated rings. The molecule has 1 amide bonds. The summed E-state index contributed by atoms with van der Waals surface area (Å²) in [6, 6.07) is 8.48. The van der Waals surface area contributed by atoms with Crippen LogP contribution in [0.25, 0.3) is 5.82 Å². The Bertz CT molecular complexity index is 1220. The van der Waals surface area contributed by atoms with E-state index >= 15 is 0 Å². The first-order chi connectivity index (χ1) is 15.0. The number of nitrogens with one attached hydrogen (secondary N) is 2. The van der Waals surface area contributed by atoms with E-state index < -0.39 is 0 Å². The SMILES string of the molecule is C#CCOc1ccc([C@@H]2CC(=O)Nc3c2c(C)nn3-c2ccc(=O)[nH]n2)cc1OCC. The van der Waals surface area contributed by atoms with Gasteiger partial charge >= 0.3 is 0 Å². The van der Waals surface area contributed by atoms with Gasteiger partial charge in [-0.1, -0.05) is 12.0 Å². The number of carbonyl (C=O) groups is 1. The van der Waals surface area contributed by atoms with Crippen LogP contribution in [0.15, 0.2) is 35.1 Å². The van der Waals surface area contributed by atoms with Gasteiger partial charge in [0.15, 0.2) is 17.3 Å². The Morgan fingerprint density at radius 1 is 1.23 bits per heavy atom. The summed E-state index contributed by atoms with van der Waals surface area (Å²) in [5.41, 5.74) is 2.20. The minimum Gasteiger partial charge on any atom is -0.490 e. The maximum absolute atomic E-state index is 12.6. The summed E-state index contributed by atoms with van der Waals surface area (Å²) in [6.45, 7) is 4.35. The van der Waals surface area contributed by atoms with Gasteiger partial charge in [-0.3, -0.25) is 9.59 Å². The summed E-state index contributed by atoms with van der Waals surface area (Å²) in [5.74, 6) is 4.11. The van der Waals surface area contributed by atoms with Gasteiger partial charge in [-0.25, -0.2) is 5.10 Å². The molecule has 1 aliphatic rings. The Morgan fingerprint density at radius 3 is 2.77 bits per heavy atom. The molecule has 0 saturated heterocycles. The van der Waals surface area contributed by atoms with Crippen LogP contribution in [0.2, 0.25) is 0 Å². The number of hydrogen-bond acceptors (Lipinski definition) is 6. The molecule has 2 N–H and O–H groups in total. The predicted molar refractivity (Wildman–Crippen MR) is 114 cm³/mol. The first-order valence-electron chi connectivity index (χ1n) is 9.80. The number of aryl methyl sites for hydroxylation is 1. The molecule has 3 aromatic rings. The molecule has 2 aromatic heterocycles. The normalized spacial score (nSPS) is 15.0. The van der Waals surface area contributed by atoms with Gasteiger partial charge in [0.25, 0.3) is 5.56 Å². The van der Waals surface area contributed by atoms with Crippen molar-refractivity contribution in [1.29, 1.82) is 0 Å². The number of H-pyrrole nitrogens is 1. The molecule has 1 atom stereocenters. The Labute approximate surface area is 178 Å². The lowest BCUT2D eigenvalue weighted by Gasteiger charge is -2.25. The molecule has 3 heterocycles. The number of benzene rings is 1. The van der Waals surface area contributed by atoms with Crippen LogP contribution in [-0.4, -0.2) is 39.1 Å². The lowest BCUT2D eigenvalue weighted by molar-refractivity contribution is -0.116. The van der Waals surface area contributed by atoms with Crippen LogP contribution >= 0.6 is 0 Å². The van der Waals surface area contributed by atoms with Gasteiger partial charge in [-0.05, 0) is 37.6 Å². The second-order valence-electron chi connectivity index (χ2n) is 6.98. The molecule has 0 bridgehead atoms. The van der Waals surface area contributed by atoms with E-state index in [1.165, 1.54) is 10.7 Å². The number of nitrogens with zero attached hydrogens (tertiary/aromatic N) is 3. The van der Waals surface area contributed by atoms with Crippen LogP contribution in [0, 0.1) is 19.3 Å². The second kappa shape index (κ2) is 8.36. The highest BCUT2D eigenvalue weighted by Crippen LogP contribution is 2.42. The van der Waals surface area contributed by atoms with Gasteiger partial charge in [0, 0.05) is 24.0 Å². The molecule has 9 heteroatoms. The molecule has 4 rings (SSSR count). The van der Waals surface area contributed by atoms with E-state index in [0.717, 1.165) is 16.8 Å². The van der Waals surface area contributed by atoms with Crippen LogP contribution in [0.5, 0.6) is 11.5 Å². The van der Waals surface area contributed by atoms with Crippen molar-refractivity contribution in [2.24, 2.45) is 0 Å². The summed E-state index contributed by atoms with van der Waals surface area (Å²) < 4.78 is 12.8. The average Bonchev–Trinajstić information content (AvgIpc) is 3.09. The standard InChI is InChI=1S/C22H21N5O4/c1-4-10-31-16-7-6-14(11-17(16)30-5-2)15-12-20(29)23-22-21(15)13(3)26-27(22)18-8-9-19(28)25-24-18/h1,6-9,11,15H,5,10,12H2,2-3H3,(H,23,29)(H,25,28)/t15-/m0/s1. The van der Waals surface area contributed by atoms with Gasteiger partial charge in [0.2, 0.25) is 5.91 Å². The molecule has 1 aromatic carbocycles. The van der Waals surface area contributed by atoms with Crippen LogP contribution in [0.4, 0.5) is 5.82 Å². The minimum absolute atomic E-state index is 0.132. The van der Waals surface area contributed by atoms with E-state index in [9.17, 15) is 9.59 Å². The van der Waals surface area contributed by atoms with Gasteiger partial charge < -0.3 is 14.8 Å². The fourth-order valence-electron chi connectivity index (χ4n) is 3.70. The topological polar surface area (TPSA) is 111 Å². The van der Waals surface area contributed by atoms with Crippen molar-refractivity contribution in [3.8, 4) is 29.7 Å². The molecule has 31 heavy (non-hydrogen) atoms. The van der Waals surface area contributed by atoms with E-state index in [1.54, 1.807) is 12.1 Å². The van der Waals surface area contributed by atoms with Gasteiger partial charge in [-0.2, -0.15) is 14.9 Å². The van der Waals surface area contributed by atoms with Crippen LogP contribution in [-0.2, 0) is 4.79 Å². The highest BCUT2D eigenvalue weighted by Gasteiger charge is 2.33. The Balaban J connectivity index is 1.79. The number of rotatable bonds is 6. The number of terminal acetylenes is 1. The third-order valence-corrected chi connectivity index (χ3v) is 4.96. The number of ether oxygens (including phenoxy) is 2. The lowest BCUT2D eigenvalue weighted by Crippen LogP contribution is -2.25. The Hall–Kier alpha value is -4.06. The zero-order valence-corrected chi connectivity index (χ0v) is 17.1. The number of carbonyl (C=O) groups excluding carboxylic acids is 1. The first-order valence-corrected chi connectivity index (χ1v) is 9.80. The number of aromatic nitrogens is 4. The maximum atomic E-state index is 12.6. The monoisotopic (exact) mass is 419 g/mol. The van der Waals surface area contributed by atoms with Crippen molar-refractivity contribution in [2.75, 3.05) is 18.5 Å². The molecule has 0 saturated carbocycles.